The Hall–Kier alpha value is -4.84. The Morgan fingerprint density at radius 2 is 1.56 bits per heavy atom. The van der Waals surface area contributed by atoms with Crippen molar-refractivity contribution < 1.29 is 4.74 Å². The lowest BCUT2D eigenvalue weighted by Crippen LogP contribution is -2.50. The zero-order valence-corrected chi connectivity index (χ0v) is 26.0. The van der Waals surface area contributed by atoms with Crippen molar-refractivity contribution in [3.63, 3.8) is 0 Å². The first-order valence-corrected chi connectivity index (χ1v) is 16.2. The highest BCUT2D eigenvalue weighted by molar-refractivity contribution is 6.09. The zero-order valence-electron chi connectivity index (χ0n) is 26.0. The van der Waals surface area contributed by atoms with Crippen molar-refractivity contribution in [1.82, 2.24) is 14.5 Å². The van der Waals surface area contributed by atoms with Crippen LogP contribution in [0.2, 0.25) is 0 Å². The monoisotopic (exact) mass is 591 g/mol. The predicted octanol–water partition coefficient (Wildman–Crippen LogP) is 9.38. The van der Waals surface area contributed by atoms with E-state index in [2.05, 4.69) is 120 Å². The third-order valence-corrected chi connectivity index (χ3v) is 10.3. The maximum Gasteiger partial charge on any atom is 0.158 e. The SMILES string of the molecule is CC(C)(C)c1ccnc(-n2c3ccccc3c3ccc(Oc4cccc(N5CN(C6C7CCC6C7)c6cccnc65)c4)cc32)c1. The van der Waals surface area contributed by atoms with E-state index in [1.807, 2.05) is 18.5 Å². The fraction of sp³-hybridized carbons (Fsp3) is 0.282. The van der Waals surface area contributed by atoms with Crippen LogP contribution in [-0.2, 0) is 5.41 Å². The third kappa shape index (κ3) is 4.22. The molecule has 0 saturated heterocycles. The normalized spacial score (nSPS) is 20.6. The molecule has 4 heterocycles. The minimum absolute atomic E-state index is 0.0234. The Balaban J connectivity index is 1.07. The van der Waals surface area contributed by atoms with Crippen LogP contribution >= 0.6 is 0 Å². The molecule has 1 aliphatic heterocycles. The minimum atomic E-state index is 0.0234. The second-order valence-corrected chi connectivity index (χ2v) is 14.0. The van der Waals surface area contributed by atoms with Crippen LogP contribution in [0.25, 0.3) is 27.6 Å². The van der Waals surface area contributed by atoms with Crippen molar-refractivity contribution in [2.75, 3.05) is 16.5 Å². The summed E-state index contributed by atoms with van der Waals surface area (Å²) in [6, 6.07) is 32.7. The standard InChI is InChI=1S/C39H37N5O/c1-39(2,3)27-17-19-40-36(21-27)44-33-11-5-4-10-31(33)32-16-15-30(23-35(32)44)45-29-9-6-8-28(22-29)42-24-43(34-12-7-18-41-38(34)42)37-25-13-14-26(37)20-25/h4-12,15-19,21-23,25-26,37H,13-14,20,24H2,1-3H3. The lowest BCUT2D eigenvalue weighted by molar-refractivity contribution is 0.229. The van der Waals surface area contributed by atoms with Crippen molar-refractivity contribution in [1.29, 1.82) is 0 Å². The van der Waals surface area contributed by atoms with E-state index in [1.54, 1.807) is 0 Å². The molecular weight excluding hydrogens is 554 g/mol. The summed E-state index contributed by atoms with van der Waals surface area (Å²) in [6.45, 7) is 7.55. The van der Waals surface area contributed by atoms with Crippen LogP contribution in [0.1, 0.15) is 45.6 Å². The van der Waals surface area contributed by atoms with Gasteiger partial charge in [-0.25, -0.2) is 9.97 Å². The maximum atomic E-state index is 6.60. The maximum absolute atomic E-state index is 6.60. The van der Waals surface area contributed by atoms with E-state index in [1.165, 1.54) is 41.3 Å². The summed E-state index contributed by atoms with van der Waals surface area (Å²) >= 11 is 0. The smallest absolute Gasteiger partial charge is 0.158 e. The molecule has 6 aromatic rings. The highest BCUT2D eigenvalue weighted by Gasteiger charge is 2.51. The summed E-state index contributed by atoms with van der Waals surface area (Å²) in [5.41, 5.74) is 5.84. The van der Waals surface area contributed by atoms with Gasteiger partial charge in [0.2, 0.25) is 0 Å². The van der Waals surface area contributed by atoms with Crippen molar-refractivity contribution in [3.8, 4) is 17.3 Å². The Kier molecular flexibility index (Phi) is 5.80. The Morgan fingerprint density at radius 3 is 2.40 bits per heavy atom. The molecule has 6 heteroatoms. The van der Waals surface area contributed by atoms with Crippen molar-refractivity contribution >= 4 is 39.0 Å². The molecule has 10 rings (SSSR count). The highest BCUT2D eigenvalue weighted by Crippen LogP contribution is 2.55. The number of fused-ring (bicyclic) bond motifs is 5. The van der Waals surface area contributed by atoms with Crippen LogP contribution in [0.4, 0.5) is 17.2 Å². The van der Waals surface area contributed by atoms with Gasteiger partial charge >= 0.3 is 0 Å². The summed E-state index contributed by atoms with van der Waals surface area (Å²) in [5.74, 6) is 5.21. The lowest BCUT2D eigenvalue weighted by Gasteiger charge is -2.43. The Bertz CT molecular complexity index is 2080. The van der Waals surface area contributed by atoms with Gasteiger partial charge in [-0.1, -0.05) is 45.0 Å². The predicted molar refractivity (Wildman–Crippen MR) is 182 cm³/mol. The fourth-order valence-electron chi connectivity index (χ4n) is 8.06. The minimum Gasteiger partial charge on any atom is -0.457 e. The molecular formula is C39H37N5O. The van der Waals surface area contributed by atoms with E-state index >= 15 is 0 Å². The summed E-state index contributed by atoms with van der Waals surface area (Å²) in [6.07, 6.45) is 7.95. The molecule has 0 amide bonds. The molecule has 3 fully saturated rings. The van der Waals surface area contributed by atoms with Crippen molar-refractivity contribution in [2.24, 2.45) is 11.8 Å². The number of ether oxygens (including phenoxy) is 1. The third-order valence-electron chi connectivity index (χ3n) is 10.3. The molecule has 3 aliphatic carbocycles. The van der Waals surface area contributed by atoms with Gasteiger partial charge in [0.15, 0.2) is 5.82 Å². The van der Waals surface area contributed by atoms with Crippen LogP contribution in [0.3, 0.4) is 0 Å². The van der Waals surface area contributed by atoms with Crippen molar-refractivity contribution in [3.05, 3.63) is 109 Å². The van der Waals surface area contributed by atoms with Gasteiger partial charge in [-0.15, -0.1) is 0 Å². The summed E-state index contributed by atoms with van der Waals surface area (Å²) < 4.78 is 8.86. The first-order valence-electron chi connectivity index (χ1n) is 16.2. The van der Waals surface area contributed by atoms with E-state index in [9.17, 15) is 0 Å². The number of benzene rings is 3. The van der Waals surface area contributed by atoms with E-state index in [-0.39, 0.29) is 5.41 Å². The molecule has 3 aromatic heterocycles. The van der Waals surface area contributed by atoms with Gasteiger partial charge in [-0.05, 0) is 96.7 Å². The molecule has 224 valence electrons. The molecule has 2 unspecified atom stereocenters. The molecule has 0 spiro atoms. The Labute approximate surface area is 263 Å². The average Bonchev–Trinajstić information content (AvgIpc) is 3.83. The van der Waals surface area contributed by atoms with Gasteiger partial charge in [0.25, 0.3) is 0 Å². The van der Waals surface area contributed by atoms with Gasteiger partial charge in [-0.2, -0.15) is 0 Å². The van der Waals surface area contributed by atoms with E-state index in [0.717, 1.165) is 58.4 Å². The molecule has 45 heavy (non-hydrogen) atoms. The molecule has 3 aromatic carbocycles. The van der Waals surface area contributed by atoms with Gasteiger partial charge < -0.3 is 14.5 Å². The number of rotatable bonds is 5. The molecule has 6 nitrogen and oxygen atoms in total. The van der Waals surface area contributed by atoms with Gasteiger partial charge in [0.1, 0.15) is 17.3 Å². The van der Waals surface area contributed by atoms with Crippen LogP contribution in [0, 0.1) is 11.8 Å². The quantitative estimate of drug-likeness (QED) is 0.200. The largest absolute Gasteiger partial charge is 0.457 e. The van der Waals surface area contributed by atoms with Crippen LogP contribution in [0.15, 0.2) is 103 Å². The zero-order chi connectivity index (χ0) is 30.3. The van der Waals surface area contributed by atoms with E-state index in [4.69, 9.17) is 14.7 Å². The number of nitrogens with zero attached hydrogens (tertiary/aromatic N) is 5. The van der Waals surface area contributed by atoms with Gasteiger partial charge in [0.05, 0.1) is 23.4 Å². The van der Waals surface area contributed by atoms with Gasteiger partial charge in [0, 0.05) is 47.0 Å². The Morgan fingerprint density at radius 1 is 0.733 bits per heavy atom. The molecule has 0 radical (unpaired) electrons. The van der Waals surface area contributed by atoms with Crippen LogP contribution < -0.4 is 14.5 Å². The van der Waals surface area contributed by atoms with Gasteiger partial charge in [-0.3, -0.25) is 4.57 Å². The second-order valence-electron chi connectivity index (χ2n) is 14.0. The number of anilines is 3. The highest BCUT2D eigenvalue weighted by atomic mass is 16.5. The van der Waals surface area contributed by atoms with Crippen molar-refractivity contribution in [2.45, 2.75) is 51.5 Å². The molecule has 2 atom stereocenters. The summed E-state index contributed by atoms with van der Waals surface area (Å²) in [4.78, 5) is 14.6. The summed E-state index contributed by atoms with van der Waals surface area (Å²) in [7, 11) is 0. The topological polar surface area (TPSA) is 46.4 Å². The second kappa shape index (κ2) is 9.83. The molecule has 4 aliphatic rings. The van der Waals surface area contributed by atoms with E-state index < -0.39 is 0 Å². The molecule has 3 saturated carbocycles. The number of para-hydroxylation sites is 1. The van der Waals surface area contributed by atoms with E-state index in [0.29, 0.717) is 6.04 Å². The number of aromatic nitrogens is 3. The van der Waals surface area contributed by atoms with Crippen LogP contribution in [-0.4, -0.2) is 27.2 Å². The average molecular weight is 592 g/mol. The fourth-order valence-corrected chi connectivity index (χ4v) is 8.06. The first kappa shape index (κ1) is 26.6. The molecule has 0 N–H and O–H groups in total. The number of pyridine rings is 2. The molecule has 2 bridgehead atoms. The van der Waals surface area contributed by atoms with Crippen LogP contribution in [0.5, 0.6) is 11.5 Å². The summed E-state index contributed by atoms with van der Waals surface area (Å²) in [5, 5.41) is 2.38. The number of hydrogen-bond acceptors (Lipinski definition) is 5. The lowest BCUT2D eigenvalue weighted by atomic mass is 9.77. The number of hydrogen-bond donors (Lipinski definition) is 0. The first-order chi connectivity index (χ1) is 21.9.